The van der Waals surface area contributed by atoms with Gasteiger partial charge in [0.2, 0.25) is 0 Å². The van der Waals surface area contributed by atoms with E-state index in [4.69, 9.17) is 20.9 Å². The van der Waals surface area contributed by atoms with Crippen LogP contribution in [0.2, 0.25) is 0 Å². The maximum Gasteiger partial charge on any atom is 0.365 e. The van der Waals surface area contributed by atoms with Crippen LogP contribution in [-0.2, 0) is 7.05 Å². The Hall–Kier alpha value is -1.75. The van der Waals surface area contributed by atoms with Crippen LogP contribution >= 0.6 is 11.6 Å². The molecule has 0 spiro atoms. The number of ether oxygens (including phenoxy) is 1. The van der Waals surface area contributed by atoms with Crippen molar-refractivity contribution in [2.75, 3.05) is 6.61 Å². The van der Waals surface area contributed by atoms with Gasteiger partial charge in [-0.15, -0.1) is 0 Å². The predicted octanol–water partition coefficient (Wildman–Crippen LogP) is 8.15. The van der Waals surface area contributed by atoms with Crippen LogP contribution in [0.1, 0.15) is 120 Å². The second-order valence-corrected chi connectivity index (χ2v) is 9.51. The van der Waals surface area contributed by atoms with Crippen LogP contribution in [0.3, 0.4) is 0 Å². The number of aryl methyl sites for hydroxylation is 1. The van der Waals surface area contributed by atoms with E-state index in [0.717, 1.165) is 12.8 Å². The largest absolute Gasteiger partial charge is 0.494 e. The van der Waals surface area contributed by atoms with E-state index in [-0.39, 0.29) is 5.56 Å². The van der Waals surface area contributed by atoms with Crippen LogP contribution in [0, 0.1) is 0 Å². The predicted molar refractivity (Wildman–Crippen MR) is 137 cm³/mol. The minimum Gasteiger partial charge on any atom is -0.494 e. The Balaban J connectivity index is 1.50. The van der Waals surface area contributed by atoms with Crippen molar-refractivity contribution in [3.8, 4) is 5.75 Å². The first-order chi connectivity index (χ1) is 16.0. The quantitative estimate of drug-likeness (QED) is 0.150. The van der Waals surface area contributed by atoms with E-state index in [0.29, 0.717) is 23.3 Å². The monoisotopic (exact) mass is 479 g/mol. The van der Waals surface area contributed by atoms with E-state index >= 15 is 0 Å². The summed E-state index contributed by atoms with van der Waals surface area (Å²) < 4.78 is 12.1. The molecule has 0 N–H and O–H groups in total. The van der Waals surface area contributed by atoms with E-state index in [9.17, 15) is 9.59 Å². The average Bonchev–Trinajstić information content (AvgIpc) is 3.08. The van der Waals surface area contributed by atoms with Gasteiger partial charge in [0.05, 0.1) is 17.6 Å². The van der Waals surface area contributed by atoms with Crippen molar-refractivity contribution in [2.45, 2.75) is 110 Å². The van der Waals surface area contributed by atoms with E-state index in [1.165, 1.54) is 94.6 Å². The number of aromatic nitrogens is 1. The summed E-state index contributed by atoms with van der Waals surface area (Å²) in [7, 11) is 1.57. The van der Waals surface area contributed by atoms with Crippen LogP contribution in [0.5, 0.6) is 5.75 Å². The summed E-state index contributed by atoms with van der Waals surface area (Å²) in [5.74, 6) is 0.478. The van der Waals surface area contributed by atoms with Gasteiger partial charge in [0.15, 0.2) is 0 Å². The van der Waals surface area contributed by atoms with Gasteiger partial charge in [0.1, 0.15) is 11.3 Å². The van der Waals surface area contributed by atoms with Crippen molar-refractivity contribution in [3.05, 3.63) is 28.1 Å². The molecule has 33 heavy (non-hydrogen) atoms. The molecule has 0 unspecified atom stereocenters. The molecular formula is C27H42ClNO4. The van der Waals surface area contributed by atoms with Crippen molar-refractivity contribution < 1.29 is 14.1 Å². The highest BCUT2D eigenvalue weighted by molar-refractivity contribution is 6.68. The van der Waals surface area contributed by atoms with Crippen molar-refractivity contribution in [2.24, 2.45) is 7.05 Å². The number of benzene rings is 1. The molecule has 2 rings (SSSR count). The van der Waals surface area contributed by atoms with Crippen LogP contribution in [0.25, 0.3) is 10.9 Å². The molecule has 0 saturated heterocycles. The first-order valence-electron chi connectivity index (χ1n) is 13.0. The summed E-state index contributed by atoms with van der Waals surface area (Å²) >= 11 is 5.69. The van der Waals surface area contributed by atoms with Gasteiger partial charge >= 0.3 is 5.63 Å². The van der Waals surface area contributed by atoms with Crippen LogP contribution in [0.4, 0.5) is 0 Å². The summed E-state index contributed by atoms with van der Waals surface area (Å²) in [5, 5.41) is -0.324. The van der Waals surface area contributed by atoms with Gasteiger partial charge < -0.3 is 9.26 Å². The fourth-order valence-corrected chi connectivity index (χ4v) is 4.54. The lowest BCUT2D eigenvalue weighted by Crippen LogP contribution is -2.01. The number of halogens is 1. The molecule has 1 heterocycles. The average molecular weight is 480 g/mol. The molecule has 0 saturated carbocycles. The van der Waals surface area contributed by atoms with Gasteiger partial charge in [0.25, 0.3) is 5.24 Å². The third-order valence-corrected chi connectivity index (χ3v) is 6.52. The lowest BCUT2D eigenvalue weighted by atomic mass is 10.0. The van der Waals surface area contributed by atoms with Gasteiger partial charge in [-0.1, -0.05) is 103 Å². The summed E-state index contributed by atoms with van der Waals surface area (Å²) in [6.45, 7) is 2.83. The summed E-state index contributed by atoms with van der Waals surface area (Å²) in [4.78, 5) is 23.7. The standard InChI is InChI=1S/C27H42ClNO4/c1-3-4-5-6-7-8-9-10-11-12-13-14-15-16-17-18-19-32-22-20-23(26(28)30)25-24(21-22)27(31)33-29(25)2/h20-21H,3-19H2,1-2H3. The van der Waals surface area contributed by atoms with Crippen LogP contribution in [-0.4, -0.2) is 16.6 Å². The number of unbranched alkanes of at least 4 members (excludes halogenated alkanes) is 15. The minimum atomic E-state index is -0.635. The molecule has 0 atom stereocenters. The molecule has 0 bridgehead atoms. The number of rotatable bonds is 19. The van der Waals surface area contributed by atoms with Gasteiger partial charge in [-0.3, -0.25) is 4.79 Å². The highest BCUT2D eigenvalue weighted by Crippen LogP contribution is 2.25. The zero-order chi connectivity index (χ0) is 23.9. The second-order valence-electron chi connectivity index (χ2n) is 9.17. The summed E-state index contributed by atoms with van der Waals surface area (Å²) in [5.41, 5.74) is 0.124. The third kappa shape index (κ3) is 9.95. The van der Waals surface area contributed by atoms with Gasteiger partial charge in [-0.25, -0.2) is 9.53 Å². The Morgan fingerprint density at radius 1 is 0.848 bits per heavy atom. The molecule has 0 radical (unpaired) electrons. The summed E-state index contributed by atoms with van der Waals surface area (Å²) in [6, 6.07) is 3.20. The highest BCUT2D eigenvalue weighted by Gasteiger charge is 2.17. The lowest BCUT2D eigenvalue weighted by Gasteiger charge is -2.08. The number of hydrogen-bond donors (Lipinski definition) is 0. The highest BCUT2D eigenvalue weighted by atomic mass is 35.5. The van der Waals surface area contributed by atoms with Gasteiger partial charge in [0, 0.05) is 7.05 Å². The summed E-state index contributed by atoms with van der Waals surface area (Å²) in [6.07, 6.45) is 21.2. The Bertz CT molecular complexity index is 886. The molecule has 1 aromatic heterocycles. The molecule has 2 aromatic rings. The number of hydrogen-bond acceptors (Lipinski definition) is 4. The third-order valence-electron chi connectivity index (χ3n) is 6.32. The van der Waals surface area contributed by atoms with E-state index < -0.39 is 10.9 Å². The number of nitrogens with zero attached hydrogens (tertiary/aromatic N) is 1. The van der Waals surface area contributed by atoms with Crippen LogP contribution < -0.4 is 10.4 Å². The molecule has 0 aliphatic carbocycles. The zero-order valence-corrected chi connectivity index (χ0v) is 21.4. The Morgan fingerprint density at radius 2 is 1.33 bits per heavy atom. The molecule has 6 heteroatoms. The fraction of sp³-hybridized carbons (Fsp3) is 0.704. The number of carbonyl (C=O) groups is 1. The molecule has 186 valence electrons. The van der Waals surface area contributed by atoms with Crippen molar-refractivity contribution >= 4 is 27.7 Å². The van der Waals surface area contributed by atoms with E-state index in [1.807, 2.05) is 0 Å². The molecular weight excluding hydrogens is 438 g/mol. The Labute approximate surface area is 203 Å². The molecule has 0 fully saturated rings. The topological polar surface area (TPSA) is 61.4 Å². The van der Waals surface area contributed by atoms with Crippen LogP contribution in [0.15, 0.2) is 21.5 Å². The van der Waals surface area contributed by atoms with Crippen molar-refractivity contribution in [1.29, 1.82) is 0 Å². The normalized spacial score (nSPS) is 11.4. The molecule has 0 aliphatic rings. The van der Waals surface area contributed by atoms with Crippen molar-refractivity contribution in [1.82, 2.24) is 4.74 Å². The van der Waals surface area contributed by atoms with Crippen molar-refractivity contribution in [3.63, 3.8) is 0 Å². The Morgan fingerprint density at radius 3 is 1.82 bits per heavy atom. The minimum absolute atomic E-state index is 0.226. The first kappa shape index (κ1) is 27.5. The van der Waals surface area contributed by atoms with E-state index in [1.54, 1.807) is 19.2 Å². The van der Waals surface area contributed by atoms with Gasteiger partial charge in [-0.2, -0.15) is 0 Å². The van der Waals surface area contributed by atoms with Gasteiger partial charge in [-0.05, 0) is 30.2 Å². The Kier molecular flexibility index (Phi) is 13.3. The lowest BCUT2D eigenvalue weighted by molar-refractivity contribution is 0.108. The molecule has 0 aliphatic heterocycles. The number of carbonyl (C=O) groups excluding carboxylic acids is 1. The molecule has 0 amide bonds. The smallest absolute Gasteiger partial charge is 0.365 e. The second kappa shape index (κ2) is 16.0. The maximum atomic E-state index is 12.0. The maximum absolute atomic E-state index is 12.0. The zero-order valence-electron chi connectivity index (χ0n) is 20.6. The van der Waals surface area contributed by atoms with E-state index in [2.05, 4.69) is 6.92 Å². The SMILES string of the molecule is CCCCCCCCCCCCCCCCCCOc1cc(C(=O)Cl)c2c(c1)c(=O)on2C. The first-order valence-corrected chi connectivity index (χ1v) is 13.4. The molecule has 5 nitrogen and oxygen atoms in total. The number of fused-ring (bicyclic) bond motifs is 1. The molecule has 1 aromatic carbocycles. The fourth-order valence-electron chi connectivity index (χ4n) is 4.40.